The summed E-state index contributed by atoms with van der Waals surface area (Å²) in [6, 6.07) is 2.29. The number of amides is 2. The second-order valence-corrected chi connectivity index (χ2v) is 11.6. The Morgan fingerprint density at radius 3 is 2.12 bits per heavy atom. The van der Waals surface area contributed by atoms with Crippen LogP contribution in [0.25, 0.3) is 0 Å². The molecule has 1 atom stereocenters. The summed E-state index contributed by atoms with van der Waals surface area (Å²) in [5.41, 5.74) is 0.498. The number of fused-ring (bicyclic) bond motifs is 1. The van der Waals surface area contributed by atoms with Crippen LogP contribution < -0.4 is 5.32 Å². The summed E-state index contributed by atoms with van der Waals surface area (Å²) >= 11 is 0. The molecule has 0 spiro atoms. The van der Waals surface area contributed by atoms with Crippen molar-refractivity contribution in [2.45, 2.75) is 134 Å². The maximum atomic E-state index is 13.9. The van der Waals surface area contributed by atoms with Crippen LogP contribution in [0.5, 0.6) is 0 Å². The van der Waals surface area contributed by atoms with E-state index >= 15 is 0 Å². The van der Waals surface area contributed by atoms with Crippen molar-refractivity contribution in [3.63, 3.8) is 0 Å². The molecule has 1 aromatic rings. The van der Waals surface area contributed by atoms with Crippen molar-refractivity contribution in [1.82, 2.24) is 20.0 Å². The zero-order valence-electron chi connectivity index (χ0n) is 20.6. The lowest BCUT2D eigenvalue weighted by molar-refractivity contribution is -0.135. The Kier molecular flexibility index (Phi) is 6.69. The van der Waals surface area contributed by atoms with Crippen molar-refractivity contribution < 1.29 is 9.59 Å². The zero-order chi connectivity index (χ0) is 22.9. The molecule has 6 heteroatoms. The van der Waals surface area contributed by atoms with Crippen LogP contribution in [-0.4, -0.2) is 44.1 Å². The highest BCUT2D eigenvalue weighted by molar-refractivity contribution is 6.00. The minimum Gasteiger partial charge on any atom is -0.351 e. The largest absolute Gasteiger partial charge is 0.351 e. The van der Waals surface area contributed by atoms with Crippen LogP contribution in [0.15, 0.2) is 6.07 Å². The van der Waals surface area contributed by atoms with Gasteiger partial charge >= 0.3 is 0 Å². The zero-order valence-corrected chi connectivity index (χ0v) is 20.6. The van der Waals surface area contributed by atoms with Crippen LogP contribution in [0.4, 0.5) is 0 Å². The molecule has 1 aromatic heterocycles. The van der Waals surface area contributed by atoms with E-state index < -0.39 is 5.54 Å². The van der Waals surface area contributed by atoms with E-state index in [2.05, 4.69) is 26.1 Å². The van der Waals surface area contributed by atoms with E-state index in [-0.39, 0.29) is 29.3 Å². The van der Waals surface area contributed by atoms with E-state index in [1.165, 1.54) is 38.5 Å². The van der Waals surface area contributed by atoms with Crippen molar-refractivity contribution in [3.05, 3.63) is 17.5 Å². The SMILES string of the molecule is CC(C)(C)c1cc2n(n1)CC(C)(C(=O)NC1CCCCCC1)N(C1CCCCCC1)C2=O. The molecule has 1 aliphatic heterocycles. The van der Waals surface area contributed by atoms with Crippen molar-refractivity contribution in [2.75, 3.05) is 0 Å². The summed E-state index contributed by atoms with van der Waals surface area (Å²) in [4.78, 5) is 29.7. The fraction of sp³-hybridized carbons (Fsp3) is 0.808. The maximum Gasteiger partial charge on any atom is 0.273 e. The number of hydrogen-bond acceptors (Lipinski definition) is 3. The fourth-order valence-corrected chi connectivity index (χ4v) is 5.82. The average Bonchev–Trinajstić information content (AvgIpc) is 2.89. The van der Waals surface area contributed by atoms with Crippen LogP contribution in [0.3, 0.4) is 0 Å². The van der Waals surface area contributed by atoms with Crippen LogP contribution in [0.2, 0.25) is 0 Å². The van der Waals surface area contributed by atoms with E-state index in [1.807, 2.05) is 22.6 Å². The molecule has 0 bridgehead atoms. The van der Waals surface area contributed by atoms with Gasteiger partial charge in [0.15, 0.2) is 0 Å². The van der Waals surface area contributed by atoms with Gasteiger partial charge in [-0.15, -0.1) is 0 Å². The summed E-state index contributed by atoms with van der Waals surface area (Å²) in [6.45, 7) is 8.76. The molecule has 0 saturated heterocycles. The first kappa shape index (κ1) is 23.3. The molecule has 4 rings (SSSR count). The third kappa shape index (κ3) is 4.60. The van der Waals surface area contributed by atoms with Gasteiger partial charge in [-0.3, -0.25) is 14.3 Å². The topological polar surface area (TPSA) is 67.2 Å². The molecule has 2 fully saturated rings. The third-order valence-corrected chi connectivity index (χ3v) is 7.85. The van der Waals surface area contributed by atoms with E-state index in [0.29, 0.717) is 12.2 Å². The molecule has 2 heterocycles. The Hall–Kier alpha value is -1.85. The first-order valence-electron chi connectivity index (χ1n) is 12.9. The molecular formula is C26H42N4O2. The van der Waals surface area contributed by atoms with Gasteiger partial charge in [-0.2, -0.15) is 5.10 Å². The Bertz CT molecular complexity index is 823. The van der Waals surface area contributed by atoms with Crippen molar-refractivity contribution in [2.24, 2.45) is 0 Å². The van der Waals surface area contributed by atoms with Gasteiger partial charge in [0.25, 0.3) is 5.91 Å². The normalized spacial score (nSPS) is 26.4. The standard InChI is InChI=1S/C26H42N4O2/c1-25(2,3)22-17-21-23(31)30(20-15-11-7-8-12-16-20)26(4,18-29(21)28-22)24(32)27-19-13-9-5-6-10-14-19/h17,19-20H,5-16,18H2,1-4H3,(H,27,32). The van der Waals surface area contributed by atoms with Crippen molar-refractivity contribution >= 4 is 11.8 Å². The molecule has 2 saturated carbocycles. The molecule has 0 aromatic carbocycles. The predicted octanol–water partition coefficient (Wildman–Crippen LogP) is 4.96. The Labute approximate surface area is 193 Å². The number of carbonyl (C=O) groups is 2. The highest BCUT2D eigenvalue weighted by Crippen LogP contribution is 2.36. The highest BCUT2D eigenvalue weighted by atomic mass is 16.2. The fourth-order valence-electron chi connectivity index (χ4n) is 5.82. The molecule has 3 aliphatic rings. The maximum absolute atomic E-state index is 13.9. The lowest BCUT2D eigenvalue weighted by atomic mass is 9.89. The first-order chi connectivity index (χ1) is 15.2. The van der Waals surface area contributed by atoms with Crippen molar-refractivity contribution in [3.8, 4) is 0 Å². The summed E-state index contributed by atoms with van der Waals surface area (Å²) in [5.74, 6) is -0.0230. The van der Waals surface area contributed by atoms with Gasteiger partial charge in [0, 0.05) is 17.5 Å². The quantitative estimate of drug-likeness (QED) is 0.673. The van der Waals surface area contributed by atoms with E-state index in [9.17, 15) is 9.59 Å². The van der Waals surface area contributed by atoms with Gasteiger partial charge in [0.2, 0.25) is 5.91 Å². The van der Waals surface area contributed by atoms with Crippen LogP contribution in [0.1, 0.15) is 121 Å². The Balaban J connectivity index is 1.68. The van der Waals surface area contributed by atoms with E-state index in [1.54, 1.807) is 0 Å². The van der Waals surface area contributed by atoms with Gasteiger partial charge in [0.1, 0.15) is 11.2 Å². The van der Waals surface area contributed by atoms with Crippen molar-refractivity contribution in [1.29, 1.82) is 0 Å². The third-order valence-electron chi connectivity index (χ3n) is 7.85. The summed E-state index contributed by atoms with van der Waals surface area (Å²) in [7, 11) is 0. The lowest BCUT2D eigenvalue weighted by Crippen LogP contribution is -2.67. The second-order valence-electron chi connectivity index (χ2n) is 11.6. The van der Waals surface area contributed by atoms with E-state index in [4.69, 9.17) is 5.10 Å². The number of nitrogens with zero attached hydrogens (tertiary/aromatic N) is 3. The molecule has 178 valence electrons. The van der Waals surface area contributed by atoms with Gasteiger partial charge in [-0.25, -0.2) is 0 Å². The smallest absolute Gasteiger partial charge is 0.273 e. The molecule has 2 aliphatic carbocycles. The first-order valence-corrected chi connectivity index (χ1v) is 12.9. The van der Waals surface area contributed by atoms with Gasteiger partial charge in [-0.1, -0.05) is 72.1 Å². The Morgan fingerprint density at radius 2 is 1.56 bits per heavy atom. The van der Waals surface area contributed by atoms with Gasteiger partial charge in [-0.05, 0) is 38.7 Å². The minimum atomic E-state index is -0.910. The molecule has 32 heavy (non-hydrogen) atoms. The van der Waals surface area contributed by atoms with Crippen LogP contribution >= 0.6 is 0 Å². The Morgan fingerprint density at radius 1 is 1.00 bits per heavy atom. The predicted molar refractivity (Wildman–Crippen MR) is 127 cm³/mol. The number of carbonyl (C=O) groups excluding carboxylic acids is 2. The van der Waals surface area contributed by atoms with Gasteiger partial charge < -0.3 is 10.2 Å². The molecule has 1 N–H and O–H groups in total. The second kappa shape index (κ2) is 9.18. The van der Waals surface area contributed by atoms with Crippen LogP contribution in [0, 0.1) is 0 Å². The number of rotatable bonds is 3. The molecule has 1 unspecified atom stereocenters. The summed E-state index contributed by atoms with van der Waals surface area (Å²) in [6.07, 6.45) is 13.6. The lowest BCUT2D eigenvalue weighted by Gasteiger charge is -2.47. The number of hydrogen-bond donors (Lipinski definition) is 1. The number of aromatic nitrogens is 2. The molecule has 6 nitrogen and oxygen atoms in total. The van der Waals surface area contributed by atoms with Gasteiger partial charge in [0.05, 0.1) is 12.2 Å². The van der Waals surface area contributed by atoms with Crippen LogP contribution in [-0.2, 0) is 16.8 Å². The summed E-state index contributed by atoms with van der Waals surface area (Å²) < 4.78 is 1.81. The summed E-state index contributed by atoms with van der Waals surface area (Å²) in [5, 5.41) is 8.17. The molecule has 2 amide bonds. The number of nitrogens with one attached hydrogen (secondary N) is 1. The minimum absolute atomic E-state index is 0.000422. The average molecular weight is 443 g/mol. The molecular weight excluding hydrogens is 400 g/mol. The van der Waals surface area contributed by atoms with E-state index in [0.717, 1.165) is 44.2 Å². The molecule has 0 radical (unpaired) electrons. The monoisotopic (exact) mass is 442 g/mol. The highest BCUT2D eigenvalue weighted by Gasteiger charge is 2.51.